The van der Waals surface area contributed by atoms with Crippen molar-refractivity contribution < 1.29 is 17.9 Å². The molecule has 3 aromatic rings. The van der Waals surface area contributed by atoms with Crippen LogP contribution in [0.1, 0.15) is 22.8 Å². The molecule has 6 nitrogen and oxygen atoms in total. The molecule has 0 aliphatic carbocycles. The Kier molecular flexibility index (Phi) is 5.69. The molecule has 0 radical (unpaired) electrons. The summed E-state index contributed by atoms with van der Waals surface area (Å²) in [5, 5.41) is 0. The van der Waals surface area contributed by atoms with E-state index in [2.05, 4.69) is 11.6 Å². The fourth-order valence-corrected chi connectivity index (χ4v) is 4.99. The number of carbonyl (C=O) groups is 1. The first-order chi connectivity index (χ1) is 14.9. The molecular weight excluding hydrogens is 412 g/mol. The van der Waals surface area contributed by atoms with E-state index in [1.807, 2.05) is 24.3 Å². The van der Waals surface area contributed by atoms with Gasteiger partial charge in [-0.25, -0.2) is 8.42 Å². The van der Waals surface area contributed by atoms with E-state index in [0.29, 0.717) is 29.5 Å². The predicted molar refractivity (Wildman–Crippen MR) is 121 cm³/mol. The summed E-state index contributed by atoms with van der Waals surface area (Å²) in [5.74, 6) is 0.517. The average molecular weight is 437 g/mol. The smallest absolute Gasteiger partial charge is 0.262 e. The lowest BCUT2D eigenvalue weighted by Gasteiger charge is -2.33. The van der Waals surface area contributed by atoms with Gasteiger partial charge >= 0.3 is 0 Å². The molecule has 0 saturated heterocycles. The van der Waals surface area contributed by atoms with Crippen LogP contribution in [0.2, 0.25) is 0 Å². The lowest BCUT2D eigenvalue weighted by Crippen LogP contribution is -2.39. The van der Waals surface area contributed by atoms with Crippen LogP contribution >= 0.6 is 0 Å². The summed E-state index contributed by atoms with van der Waals surface area (Å²) >= 11 is 0. The average Bonchev–Trinajstić information content (AvgIpc) is 2.78. The quantitative estimate of drug-likeness (QED) is 0.646. The highest BCUT2D eigenvalue weighted by Crippen LogP contribution is 2.31. The molecule has 1 heterocycles. The van der Waals surface area contributed by atoms with Crippen LogP contribution in [0, 0.1) is 5.92 Å². The Morgan fingerprint density at radius 2 is 1.77 bits per heavy atom. The van der Waals surface area contributed by atoms with Crippen molar-refractivity contribution in [2.45, 2.75) is 18.2 Å². The zero-order valence-corrected chi connectivity index (χ0v) is 18.2. The lowest BCUT2D eigenvalue weighted by atomic mass is 9.93. The molecule has 1 N–H and O–H groups in total. The first-order valence-corrected chi connectivity index (χ1v) is 11.5. The second-order valence-electron chi connectivity index (χ2n) is 7.69. The van der Waals surface area contributed by atoms with Gasteiger partial charge in [0.2, 0.25) is 0 Å². The van der Waals surface area contributed by atoms with Crippen LogP contribution in [-0.4, -0.2) is 28.0 Å². The molecule has 1 unspecified atom stereocenters. The summed E-state index contributed by atoms with van der Waals surface area (Å²) in [5.41, 5.74) is 2.66. The minimum atomic E-state index is -3.90. The Balaban J connectivity index is 1.65. The van der Waals surface area contributed by atoms with Gasteiger partial charge < -0.3 is 9.64 Å². The molecule has 3 aromatic carbocycles. The molecule has 31 heavy (non-hydrogen) atoms. The van der Waals surface area contributed by atoms with Crippen molar-refractivity contribution >= 4 is 27.3 Å². The molecule has 160 valence electrons. The first kappa shape index (κ1) is 20.9. The van der Waals surface area contributed by atoms with Gasteiger partial charge in [0.05, 0.1) is 17.7 Å². The molecule has 0 fully saturated rings. The fourth-order valence-electron chi connectivity index (χ4n) is 3.87. The Bertz CT molecular complexity index is 1220. The number of rotatable bonds is 5. The Morgan fingerprint density at radius 3 is 2.58 bits per heavy atom. The van der Waals surface area contributed by atoms with Crippen LogP contribution in [0.3, 0.4) is 0 Å². The van der Waals surface area contributed by atoms with Gasteiger partial charge in [-0.2, -0.15) is 0 Å². The number of nitrogens with one attached hydrogen (secondary N) is 1. The number of nitrogens with zero attached hydrogens (tertiary/aromatic N) is 1. The molecule has 4 rings (SSSR count). The third-order valence-electron chi connectivity index (χ3n) is 5.33. The molecule has 1 atom stereocenters. The number of anilines is 2. The number of ether oxygens (including phenoxy) is 1. The van der Waals surface area contributed by atoms with E-state index < -0.39 is 10.0 Å². The highest BCUT2D eigenvalue weighted by molar-refractivity contribution is 7.92. The summed E-state index contributed by atoms with van der Waals surface area (Å²) in [4.78, 5) is 15.1. The highest BCUT2D eigenvalue weighted by Gasteiger charge is 2.28. The number of carbonyl (C=O) groups excluding carboxylic acids is 1. The maximum absolute atomic E-state index is 13.3. The van der Waals surface area contributed by atoms with Crippen molar-refractivity contribution in [2.24, 2.45) is 5.92 Å². The number of hydrogen-bond donors (Lipinski definition) is 1. The van der Waals surface area contributed by atoms with Crippen molar-refractivity contribution in [1.82, 2.24) is 0 Å². The minimum Gasteiger partial charge on any atom is -0.495 e. The standard InChI is InChI=1S/C24H24N2O4S/c1-17-14-18-8-3-5-12-22(18)26(16-17)24(27)19-9-7-10-20(15-19)31(28,29)25-21-11-4-6-13-23(21)30-2/h3-13,15,17,25H,14,16H2,1-2H3. The minimum absolute atomic E-state index is 0.0163. The summed E-state index contributed by atoms with van der Waals surface area (Å²) in [6.45, 7) is 2.69. The first-order valence-electron chi connectivity index (χ1n) is 10.0. The number of sulfonamides is 1. The van der Waals surface area contributed by atoms with Crippen LogP contribution in [-0.2, 0) is 16.4 Å². The molecule has 0 aromatic heterocycles. The largest absolute Gasteiger partial charge is 0.495 e. The van der Waals surface area contributed by atoms with Crippen molar-refractivity contribution in [1.29, 1.82) is 0 Å². The van der Waals surface area contributed by atoms with Crippen molar-refractivity contribution in [3.8, 4) is 5.75 Å². The summed E-state index contributed by atoms with van der Waals surface area (Å²) in [6.07, 6.45) is 0.914. The van der Waals surface area contributed by atoms with Gasteiger partial charge in [-0.3, -0.25) is 9.52 Å². The van der Waals surface area contributed by atoms with Gasteiger partial charge in [-0.05, 0) is 54.3 Å². The summed E-state index contributed by atoms with van der Waals surface area (Å²) < 4.78 is 33.7. The lowest BCUT2D eigenvalue weighted by molar-refractivity contribution is 0.0981. The molecule has 7 heteroatoms. The molecule has 1 aliphatic heterocycles. The zero-order valence-electron chi connectivity index (χ0n) is 17.4. The molecule has 0 saturated carbocycles. The number of methoxy groups -OCH3 is 1. The molecule has 0 bridgehead atoms. The van der Waals surface area contributed by atoms with E-state index in [-0.39, 0.29) is 10.8 Å². The van der Waals surface area contributed by atoms with Crippen molar-refractivity contribution in [3.63, 3.8) is 0 Å². The van der Waals surface area contributed by atoms with Crippen LogP contribution in [0.15, 0.2) is 77.7 Å². The van der Waals surface area contributed by atoms with Gasteiger partial charge in [0.15, 0.2) is 0 Å². The monoisotopic (exact) mass is 436 g/mol. The van der Waals surface area contributed by atoms with Gasteiger partial charge in [0.1, 0.15) is 5.75 Å². The Morgan fingerprint density at radius 1 is 1.03 bits per heavy atom. The normalized spacial score (nSPS) is 15.8. The van der Waals surface area contributed by atoms with E-state index in [9.17, 15) is 13.2 Å². The van der Waals surface area contributed by atoms with E-state index in [1.54, 1.807) is 41.3 Å². The summed E-state index contributed by atoms with van der Waals surface area (Å²) in [6, 6.07) is 20.7. The Labute approximate surface area is 182 Å². The fraction of sp³-hybridized carbons (Fsp3) is 0.208. The van der Waals surface area contributed by atoms with E-state index >= 15 is 0 Å². The second kappa shape index (κ2) is 8.43. The number of benzene rings is 3. The molecule has 1 amide bonds. The molecule has 0 spiro atoms. The van der Waals surface area contributed by atoms with Crippen LogP contribution < -0.4 is 14.4 Å². The van der Waals surface area contributed by atoms with Gasteiger partial charge in [-0.15, -0.1) is 0 Å². The van der Waals surface area contributed by atoms with Crippen molar-refractivity contribution in [3.05, 3.63) is 83.9 Å². The van der Waals surface area contributed by atoms with E-state index in [4.69, 9.17) is 4.74 Å². The predicted octanol–water partition coefficient (Wildman–Crippen LogP) is 4.34. The highest BCUT2D eigenvalue weighted by atomic mass is 32.2. The van der Waals surface area contributed by atoms with Gasteiger partial charge in [0.25, 0.3) is 15.9 Å². The number of fused-ring (bicyclic) bond motifs is 1. The van der Waals surface area contributed by atoms with Crippen molar-refractivity contribution in [2.75, 3.05) is 23.3 Å². The van der Waals surface area contributed by atoms with Crippen LogP contribution in [0.25, 0.3) is 0 Å². The number of para-hydroxylation sites is 3. The third kappa shape index (κ3) is 4.27. The molecular formula is C24H24N2O4S. The van der Waals surface area contributed by atoms with Gasteiger partial charge in [-0.1, -0.05) is 43.3 Å². The van der Waals surface area contributed by atoms with E-state index in [1.165, 1.54) is 19.2 Å². The maximum atomic E-state index is 13.3. The zero-order chi connectivity index (χ0) is 22.0. The Hall–Kier alpha value is -3.32. The van der Waals surface area contributed by atoms with E-state index in [0.717, 1.165) is 17.7 Å². The molecule has 1 aliphatic rings. The third-order valence-corrected chi connectivity index (χ3v) is 6.70. The summed E-state index contributed by atoms with van der Waals surface area (Å²) in [7, 11) is -2.43. The second-order valence-corrected chi connectivity index (χ2v) is 9.37. The maximum Gasteiger partial charge on any atom is 0.262 e. The number of hydrogen-bond acceptors (Lipinski definition) is 4. The van der Waals surface area contributed by atoms with Crippen LogP contribution in [0.4, 0.5) is 11.4 Å². The SMILES string of the molecule is COc1ccccc1NS(=O)(=O)c1cccc(C(=O)N2CC(C)Cc3ccccc32)c1. The topological polar surface area (TPSA) is 75.7 Å². The van der Waals surface area contributed by atoms with Gasteiger partial charge in [0, 0.05) is 17.8 Å². The van der Waals surface area contributed by atoms with Crippen LogP contribution in [0.5, 0.6) is 5.75 Å². The number of amides is 1.